The summed E-state index contributed by atoms with van der Waals surface area (Å²) in [6.45, 7) is 4.15. The number of nitrogens with zero attached hydrogens (tertiary/aromatic N) is 2. The molecule has 1 heterocycles. The molecule has 0 spiro atoms. The zero-order chi connectivity index (χ0) is 17.1. The third-order valence-electron chi connectivity index (χ3n) is 5.12. The first kappa shape index (κ1) is 17.0. The molecule has 2 aliphatic carbocycles. The number of imide groups is 1. The molecule has 3 rings (SSSR count). The van der Waals surface area contributed by atoms with Crippen molar-refractivity contribution in [2.45, 2.75) is 19.8 Å². The average molecular weight is 334 g/mol. The number of hydrogen-bond donors (Lipinski definition) is 3. The summed E-state index contributed by atoms with van der Waals surface area (Å²) in [5, 5.41) is 14.9. The first-order valence-electron chi connectivity index (χ1n) is 8.84. The SMILES string of the molecule is CCNC(=NCCCN1C(=O)C2C3C=CC(C3)C2C1=O)NCCO. The largest absolute Gasteiger partial charge is 0.395 e. The van der Waals surface area contributed by atoms with E-state index in [1.807, 2.05) is 6.92 Å². The quantitative estimate of drug-likeness (QED) is 0.196. The number of amides is 2. The molecule has 7 nitrogen and oxygen atoms in total. The highest BCUT2D eigenvalue weighted by molar-refractivity contribution is 6.06. The molecular formula is C17H26N4O3. The highest BCUT2D eigenvalue weighted by atomic mass is 16.3. The van der Waals surface area contributed by atoms with Gasteiger partial charge in [0.1, 0.15) is 0 Å². The number of hydrogen-bond acceptors (Lipinski definition) is 4. The molecule has 1 saturated carbocycles. The minimum atomic E-state index is -0.112. The number of aliphatic hydroxyl groups is 1. The lowest BCUT2D eigenvalue weighted by Gasteiger charge is -2.16. The number of guanidine groups is 1. The zero-order valence-corrected chi connectivity index (χ0v) is 14.1. The molecule has 132 valence electrons. The van der Waals surface area contributed by atoms with Crippen molar-refractivity contribution in [2.24, 2.45) is 28.7 Å². The van der Waals surface area contributed by atoms with Crippen LogP contribution in [0.3, 0.4) is 0 Å². The van der Waals surface area contributed by atoms with E-state index in [0.717, 1.165) is 13.0 Å². The molecule has 3 N–H and O–H groups in total. The van der Waals surface area contributed by atoms with Crippen molar-refractivity contribution in [1.82, 2.24) is 15.5 Å². The van der Waals surface area contributed by atoms with E-state index in [-0.39, 0.29) is 42.1 Å². The van der Waals surface area contributed by atoms with Gasteiger partial charge in [0.15, 0.2) is 5.96 Å². The fourth-order valence-corrected chi connectivity index (χ4v) is 4.12. The molecule has 0 aromatic carbocycles. The van der Waals surface area contributed by atoms with Crippen molar-refractivity contribution in [3.8, 4) is 0 Å². The van der Waals surface area contributed by atoms with Crippen LogP contribution in [0.5, 0.6) is 0 Å². The van der Waals surface area contributed by atoms with Gasteiger partial charge in [0, 0.05) is 26.2 Å². The Morgan fingerprint density at radius 1 is 1.25 bits per heavy atom. The molecule has 7 heteroatoms. The fourth-order valence-electron chi connectivity index (χ4n) is 4.12. The molecule has 2 fully saturated rings. The van der Waals surface area contributed by atoms with E-state index in [9.17, 15) is 9.59 Å². The standard InChI is InChI=1S/C17H26N4O3/c1-2-18-17(20-7-9-22)19-6-3-8-21-15(23)13-11-4-5-12(10-11)14(13)16(21)24/h4-5,11-14,22H,2-3,6-10H2,1H3,(H2,18,19,20). The number of aliphatic imine (C=N–C) groups is 1. The van der Waals surface area contributed by atoms with Gasteiger partial charge in [0.05, 0.1) is 18.4 Å². The maximum Gasteiger partial charge on any atom is 0.233 e. The van der Waals surface area contributed by atoms with E-state index < -0.39 is 0 Å². The van der Waals surface area contributed by atoms with Gasteiger partial charge in [-0.3, -0.25) is 19.5 Å². The van der Waals surface area contributed by atoms with Crippen LogP contribution in [0.15, 0.2) is 17.1 Å². The van der Waals surface area contributed by atoms with Crippen LogP contribution >= 0.6 is 0 Å². The third kappa shape index (κ3) is 3.05. The average Bonchev–Trinajstić information content (AvgIpc) is 3.25. The number of likely N-dealkylation sites (tertiary alicyclic amines) is 1. The summed E-state index contributed by atoms with van der Waals surface area (Å²) in [4.78, 5) is 30.9. The summed E-state index contributed by atoms with van der Waals surface area (Å²) < 4.78 is 0. The summed E-state index contributed by atoms with van der Waals surface area (Å²) in [5.41, 5.74) is 0. The summed E-state index contributed by atoms with van der Waals surface area (Å²) in [6, 6.07) is 0. The van der Waals surface area contributed by atoms with E-state index >= 15 is 0 Å². The van der Waals surface area contributed by atoms with Gasteiger partial charge in [-0.2, -0.15) is 0 Å². The summed E-state index contributed by atoms with van der Waals surface area (Å²) in [7, 11) is 0. The van der Waals surface area contributed by atoms with Crippen molar-refractivity contribution in [3.05, 3.63) is 12.2 Å². The fraction of sp³-hybridized carbons (Fsp3) is 0.706. The molecular weight excluding hydrogens is 308 g/mol. The van der Waals surface area contributed by atoms with Crippen LogP contribution in [0, 0.1) is 23.7 Å². The Kier molecular flexibility index (Phi) is 5.18. The van der Waals surface area contributed by atoms with Gasteiger partial charge in [-0.15, -0.1) is 0 Å². The van der Waals surface area contributed by atoms with Crippen LogP contribution < -0.4 is 10.6 Å². The summed E-state index contributed by atoms with van der Waals surface area (Å²) in [6.07, 6.45) is 5.84. The minimum Gasteiger partial charge on any atom is -0.395 e. The van der Waals surface area contributed by atoms with Crippen LogP contribution in [-0.4, -0.2) is 60.6 Å². The van der Waals surface area contributed by atoms with Crippen LogP contribution in [0.1, 0.15) is 19.8 Å². The topological polar surface area (TPSA) is 94.0 Å². The Labute approximate surface area is 142 Å². The van der Waals surface area contributed by atoms with Gasteiger partial charge >= 0.3 is 0 Å². The molecule has 1 aliphatic heterocycles. The molecule has 2 amide bonds. The Bertz CT molecular complexity index is 530. The van der Waals surface area contributed by atoms with E-state index in [2.05, 4.69) is 27.8 Å². The van der Waals surface area contributed by atoms with E-state index in [4.69, 9.17) is 5.11 Å². The first-order valence-corrected chi connectivity index (χ1v) is 8.84. The lowest BCUT2D eigenvalue weighted by molar-refractivity contribution is -0.140. The molecule has 0 aromatic heterocycles. The Balaban J connectivity index is 1.50. The molecule has 1 saturated heterocycles. The number of carbonyl (C=O) groups is 2. The smallest absolute Gasteiger partial charge is 0.233 e. The van der Waals surface area contributed by atoms with E-state index in [0.29, 0.717) is 32.0 Å². The normalized spacial score (nSPS) is 31.1. The molecule has 0 radical (unpaired) electrons. The van der Waals surface area contributed by atoms with Crippen LogP contribution in [-0.2, 0) is 9.59 Å². The highest BCUT2D eigenvalue weighted by Gasteiger charge is 2.58. The summed E-state index contributed by atoms with van der Waals surface area (Å²) in [5.74, 6) is 0.973. The number of nitrogens with one attached hydrogen (secondary N) is 2. The predicted octanol–water partition coefficient (Wildman–Crippen LogP) is -0.269. The molecule has 3 aliphatic rings. The molecule has 0 aromatic rings. The molecule has 2 bridgehead atoms. The first-order chi connectivity index (χ1) is 11.7. The van der Waals surface area contributed by atoms with Crippen molar-refractivity contribution >= 4 is 17.8 Å². The van der Waals surface area contributed by atoms with Crippen molar-refractivity contribution in [3.63, 3.8) is 0 Å². The van der Waals surface area contributed by atoms with Gasteiger partial charge in [-0.1, -0.05) is 12.2 Å². The second-order valence-corrected chi connectivity index (χ2v) is 6.59. The van der Waals surface area contributed by atoms with Gasteiger partial charge in [-0.25, -0.2) is 0 Å². The minimum absolute atomic E-state index is 0.0103. The maximum atomic E-state index is 12.5. The van der Waals surface area contributed by atoms with Gasteiger partial charge in [-0.05, 0) is 31.6 Å². The van der Waals surface area contributed by atoms with Crippen LogP contribution in [0.4, 0.5) is 0 Å². The predicted molar refractivity (Wildman–Crippen MR) is 90.1 cm³/mol. The summed E-state index contributed by atoms with van der Waals surface area (Å²) >= 11 is 0. The van der Waals surface area contributed by atoms with Crippen LogP contribution in [0.2, 0.25) is 0 Å². The zero-order valence-electron chi connectivity index (χ0n) is 14.1. The Morgan fingerprint density at radius 2 is 1.92 bits per heavy atom. The number of allylic oxidation sites excluding steroid dienone is 2. The van der Waals surface area contributed by atoms with Crippen molar-refractivity contribution in [1.29, 1.82) is 0 Å². The number of rotatable bonds is 7. The third-order valence-corrected chi connectivity index (χ3v) is 5.12. The number of aliphatic hydroxyl groups excluding tert-OH is 1. The Hall–Kier alpha value is -1.89. The monoisotopic (exact) mass is 334 g/mol. The van der Waals surface area contributed by atoms with E-state index in [1.165, 1.54) is 4.90 Å². The van der Waals surface area contributed by atoms with Gasteiger partial charge in [0.2, 0.25) is 11.8 Å². The van der Waals surface area contributed by atoms with E-state index in [1.54, 1.807) is 0 Å². The maximum absolute atomic E-state index is 12.5. The molecule has 4 atom stereocenters. The second-order valence-electron chi connectivity index (χ2n) is 6.59. The second kappa shape index (κ2) is 7.34. The van der Waals surface area contributed by atoms with Gasteiger partial charge < -0.3 is 15.7 Å². The van der Waals surface area contributed by atoms with Crippen LogP contribution in [0.25, 0.3) is 0 Å². The van der Waals surface area contributed by atoms with Crippen molar-refractivity contribution < 1.29 is 14.7 Å². The lowest BCUT2D eigenvalue weighted by Crippen LogP contribution is -2.39. The van der Waals surface area contributed by atoms with Crippen molar-refractivity contribution in [2.75, 3.05) is 32.8 Å². The molecule has 4 unspecified atom stereocenters. The number of fused-ring (bicyclic) bond motifs is 5. The Morgan fingerprint density at radius 3 is 2.50 bits per heavy atom. The highest BCUT2D eigenvalue weighted by Crippen LogP contribution is 2.52. The number of carbonyl (C=O) groups excluding carboxylic acids is 2. The molecule has 24 heavy (non-hydrogen) atoms. The van der Waals surface area contributed by atoms with Gasteiger partial charge in [0.25, 0.3) is 0 Å². The lowest BCUT2D eigenvalue weighted by atomic mass is 9.85.